The Morgan fingerprint density at radius 1 is 1.36 bits per heavy atom. The molecule has 0 aliphatic heterocycles. The third-order valence-corrected chi connectivity index (χ3v) is 2.63. The monoisotopic (exact) mass is 151 g/mol. The molecule has 1 aliphatic rings. The fourth-order valence-electron chi connectivity index (χ4n) is 1.56. The summed E-state index contributed by atoms with van der Waals surface area (Å²) in [5, 5.41) is 0. The van der Waals surface area contributed by atoms with Gasteiger partial charge in [0.1, 0.15) is 0 Å². The highest BCUT2D eigenvalue weighted by Crippen LogP contribution is 2.26. The fourth-order valence-corrected chi connectivity index (χ4v) is 1.56. The van der Waals surface area contributed by atoms with Crippen molar-refractivity contribution in [2.24, 2.45) is 0 Å². The second kappa shape index (κ2) is 3.22. The predicted octanol–water partition coefficient (Wildman–Crippen LogP) is 2.21. The maximum absolute atomic E-state index is 2.30. The van der Waals surface area contributed by atoms with Crippen LogP contribution in [-0.2, 0) is 0 Å². The van der Waals surface area contributed by atoms with Crippen LogP contribution in [0.4, 0.5) is 0 Å². The summed E-state index contributed by atoms with van der Waals surface area (Å²) in [6.07, 6.45) is 11.1. The molecular weight excluding hydrogens is 134 g/mol. The Morgan fingerprint density at radius 2 is 2.09 bits per heavy atom. The van der Waals surface area contributed by atoms with Gasteiger partial charge in [-0.05, 0) is 26.9 Å². The largest absolute Gasteiger partial charge is 0.300 e. The highest BCUT2D eigenvalue weighted by Gasteiger charge is 2.26. The summed E-state index contributed by atoms with van der Waals surface area (Å²) in [4.78, 5) is 2.30. The van der Waals surface area contributed by atoms with E-state index in [0.717, 1.165) is 6.42 Å². The van der Waals surface area contributed by atoms with E-state index in [4.69, 9.17) is 0 Å². The van der Waals surface area contributed by atoms with Crippen molar-refractivity contribution in [1.29, 1.82) is 0 Å². The van der Waals surface area contributed by atoms with Gasteiger partial charge in [0.25, 0.3) is 0 Å². The Kier molecular flexibility index (Phi) is 2.50. The lowest BCUT2D eigenvalue weighted by Crippen LogP contribution is -2.41. The van der Waals surface area contributed by atoms with E-state index in [-0.39, 0.29) is 5.54 Å². The summed E-state index contributed by atoms with van der Waals surface area (Å²) in [5.74, 6) is 0. The minimum absolute atomic E-state index is 0.286. The standard InChI is InChI=1S/C10H17N/c1-4-10(11(2)3)8-6-5-7-9-10/h5-8H,4,9H2,1-3H3. The molecule has 1 rings (SSSR count). The van der Waals surface area contributed by atoms with Crippen molar-refractivity contribution >= 4 is 0 Å². The zero-order valence-electron chi connectivity index (χ0n) is 7.67. The molecule has 0 radical (unpaired) electrons. The lowest BCUT2D eigenvalue weighted by atomic mass is 9.87. The summed E-state index contributed by atoms with van der Waals surface area (Å²) < 4.78 is 0. The smallest absolute Gasteiger partial charge is 0.0420 e. The van der Waals surface area contributed by atoms with Crippen LogP contribution in [0.5, 0.6) is 0 Å². The van der Waals surface area contributed by atoms with Crippen LogP contribution in [-0.4, -0.2) is 24.5 Å². The molecule has 1 heteroatoms. The SMILES string of the molecule is CCC1(N(C)C)C=CC=CC1. The molecule has 0 amide bonds. The molecule has 0 aromatic rings. The third kappa shape index (κ3) is 1.54. The second-order valence-electron chi connectivity index (χ2n) is 3.34. The molecule has 0 aromatic heterocycles. The molecule has 0 spiro atoms. The van der Waals surface area contributed by atoms with Crippen LogP contribution in [0.2, 0.25) is 0 Å². The number of hydrogen-bond acceptors (Lipinski definition) is 1. The van der Waals surface area contributed by atoms with E-state index < -0.39 is 0 Å². The molecule has 0 bridgehead atoms. The Balaban J connectivity index is 2.77. The number of rotatable bonds is 2. The van der Waals surface area contributed by atoms with Crippen LogP contribution in [0, 0.1) is 0 Å². The molecule has 11 heavy (non-hydrogen) atoms. The number of allylic oxidation sites excluding steroid dienone is 2. The predicted molar refractivity (Wildman–Crippen MR) is 49.6 cm³/mol. The minimum Gasteiger partial charge on any atom is -0.300 e. The van der Waals surface area contributed by atoms with Crippen molar-refractivity contribution in [3.05, 3.63) is 24.3 Å². The topological polar surface area (TPSA) is 3.24 Å². The molecule has 0 aromatic carbocycles. The highest BCUT2D eigenvalue weighted by atomic mass is 15.1. The minimum atomic E-state index is 0.286. The van der Waals surface area contributed by atoms with Gasteiger partial charge < -0.3 is 0 Å². The molecule has 0 N–H and O–H groups in total. The quantitative estimate of drug-likeness (QED) is 0.585. The van der Waals surface area contributed by atoms with Gasteiger partial charge in [-0.1, -0.05) is 31.2 Å². The van der Waals surface area contributed by atoms with Crippen LogP contribution in [0.3, 0.4) is 0 Å². The normalized spacial score (nSPS) is 29.8. The first-order valence-corrected chi connectivity index (χ1v) is 4.23. The Labute approximate surface area is 69.4 Å². The van der Waals surface area contributed by atoms with E-state index in [0.29, 0.717) is 0 Å². The van der Waals surface area contributed by atoms with Crippen LogP contribution in [0.25, 0.3) is 0 Å². The van der Waals surface area contributed by atoms with E-state index in [1.54, 1.807) is 0 Å². The molecule has 1 aliphatic carbocycles. The number of likely N-dealkylation sites (N-methyl/N-ethyl adjacent to an activating group) is 1. The average Bonchev–Trinajstić information content (AvgIpc) is 2.05. The summed E-state index contributed by atoms with van der Waals surface area (Å²) in [5.41, 5.74) is 0.286. The van der Waals surface area contributed by atoms with Gasteiger partial charge in [0.05, 0.1) is 0 Å². The van der Waals surface area contributed by atoms with E-state index in [9.17, 15) is 0 Å². The van der Waals surface area contributed by atoms with Crippen molar-refractivity contribution in [2.45, 2.75) is 25.3 Å². The Bertz CT molecular complexity index is 179. The molecule has 1 nitrogen and oxygen atoms in total. The molecule has 0 saturated heterocycles. The van der Waals surface area contributed by atoms with Gasteiger partial charge in [0.2, 0.25) is 0 Å². The summed E-state index contributed by atoms with van der Waals surface area (Å²) in [6.45, 7) is 2.24. The maximum Gasteiger partial charge on any atom is 0.0420 e. The van der Waals surface area contributed by atoms with Crippen LogP contribution in [0.15, 0.2) is 24.3 Å². The van der Waals surface area contributed by atoms with Gasteiger partial charge in [-0.25, -0.2) is 0 Å². The molecule has 1 unspecified atom stereocenters. The van der Waals surface area contributed by atoms with Crippen molar-refractivity contribution in [1.82, 2.24) is 4.90 Å². The molecule has 0 saturated carbocycles. The van der Waals surface area contributed by atoms with Crippen molar-refractivity contribution in [3.63, 3.8) is 0 Å². The number of nitrogens with zero attached hydrogens (tertiary/aromatic N) is 1. The summed E-state index contributed by atoms with van der Waals surface area (Å²) in [7, 11) is 4.29. The van der Waals surface area contributed by atoms with Gasteiger partial charge >= 0.3 is 0 Å². The molecule has 0 fully saturated rings. The first-order chi connectivity index (χ1) is 5.21. The first kappa shape index (κ1) is 8.54. The van der Waals surface area contributed by atoms with Crippen molar-refractivity contribution in [2.75, 3.05) is 14.1 Å². The Morgan fingerprint density at radius 3 is 2.36 bits per heavy atom. The van der Waals surface area contributed by atoms with E-state index in [1.165, 1.54) is 6.42 Å². The van der Waals surface area contributed by atoms with Crippen LogP contribution >= 0.6 is 0 Å². The second-order valence-corrected chi connectivity index (χ2v) is 3.34. The lowest BCUT2D eigenvalue weighted by molar-refractivity contribution is 0.201. The molecule has 0 heterocycles. The average molecular weight is 151 g/mol. The zero-order chi connectivity index (χ0) is 8.32. The summed E-state index contributed by atoms with van der Waals surface area (Å²) in [6, 6.07) is 0. The van der Waals surface area contributed by atoms with Gasteiger partial charge in [0, 0.05) is 5.54 Å². The first-order valence-electron chi connectivity index (χ1n) is 4.23. The number of hydrogen-bond donors (Lipinski definition) is 0. The van der Waals surface area contributed by atoms with E-state index in [2.05, 4.69) is 50.2 Å². The maximum atomic E-state index is 2.30. The lowest BCUT2D eigenvalue weighted by Gasteiger charge is -2.37. The van der Waals surface area contributed by atoms with Gasteiger partial charge in [-0.15, -0.1) is 0 Å². The molecule has 62 valence electrons. The van der Waals surface area contributed by atoms with Crippen LogP contribution < -0.4 is 0 Å². The third-order valence-electron chi connectivity index (χ3n) is 2.63. The fraction of sp³-hybridized carbons (Fsp3) is 0.600. The molecular formula is C10H17N. The van der Waals surface area contributed by atoms with Crippen molar-refractivity contribution in [3.8, 4) is 0 Å². The molecule has 1 atom stereocenters. The van der Waals surface area contributed by atoms with Crippen LogP contribution in [0.1, 0.15) is 19.8 Å². The van der Waals surface area contributed by atoms with Gasteiger partial charge in [0.15, 0.2) is 0 Å². The van der Waals surface area contributed by atoms with Crippen molar-refractivity contribution < 1.29 is 0 Å². The highest BCUT2D eigenvalue weighted by molar-refractivity contribution is 5.20. The summed E-state index contributed by atoms with van der Waals surface area (Å²) >= 11 is 0. The van der Waals surface area contributed by atoms with E-state index >= 15 is 0 Å². The van der Waals surface area contributed by atoms with E-state index in [1.807, 2.05) is 0 Å². The zero-order valence-corrected chi connectivity index (χ0v) is 7.67. The van der Waals surface area contributed by atoms with Gasteiger partial charge in [-0.2, -0.15) is 0 Å². The van der Waals surface area contributed by atoms with Gasteiger partial charge in [-0.3, -0.25) is 4.90 Å². The Hall–Kier alpha value is -0.560.